The maximum atomic E-state index is 12.5. The third kappa shape index (κ3) is 3.35. The summed E-state index contributed by atoms with van der Waals surface area (Å²) in [6.45, 7) is 0.196. The van der Waals surface area contributed by atoms with Gasteiger partial charge in [0.1, 0.15) is 0 Å². The molecule has 0 aliphatic carbocycles. The van der Waals surface area contributed by atoms with Crippen molar-refractivity contribution in [2.75, 3.05) is 17.4 Å². The lowest BCUT2D eigenvalue weighted by Crippen LogP contribution is -2.12. The summed E-state index contributed by atoms with van der Waals surface area (Å²) in [6, 6.07) is 14.1. The lowest BCUT2D eigenvalue weighted by molar-refractivity contribution is 0.102. The highest BCUT2D eigenvalue weighted by molar-refractivity contribution is 6.05. The summed E-state index contributed by atoms with van der Waals surface area (Å²) in [6.07, 6.45) is 3.29. The molecule has 0 saturated carbocycles. The van der Waals surface area contributed by atoms with Gasteiger partial charge in [-0.2, -0.15) is 0 Å². The van der Waals surface area contributed by atoms with Gasteiger partial charge in [-0.25, -0.2) is 9.97 Å². The second-order valence-electron chi connectivity index (χ2n) is 5.30. The maximum Gasteiger partial charge on any atom is 0.255 e. The highest BCUT2D eigenvalue weighted by atomic mass is 16.7. The number of anilines is 3. The molecule has 1 aliphatic rings. The normalized spacial score (nSPS) is 11.8. The molecule has 0 fully saturated rings. The van der Waals surface area contributed by atoms with Gasteiger partial charge in [-0.1, -0.05) is 6.07 Å². The monoisotopic (exact) mass is 334 g/mol. The molecule has 1 aliphatic heterocycles. The zero-order valence-electron chi connectivity index (χ0n) is 13.1. The molecule has 4 rings (SSSR count). The minimum absolute atomic E-state index is 0.196. The number of hydrogen-bond donors (Lipinski definition) is 2. The summed E-state index contributed by atoms with van der Waals surface area (Å²) in [5.41, 5.74) is 1.88. The number of nitrogens with zero attached hydrogens (tertiary/aromatic N) is 2. The Morgan fingerprint density at radius 1 is 0.920 bits per heavy atom. The van der Waals surface area contributed by atoms with Crippen molar-refractivity contribution >= 4 is 23.2 Å². The number of amides is 1. The molecule has 2 aromatic carbocycles. The molecule has 7 nitrogen and oxygen atoms in total. The molecule has 0 saturated heterocycles. The molecule has 0 unspecified atom stereocenters. The van der Waals surface area contributed by atoms with Crippen molar-refractivity contribution in [1.82, 2.24) is 9.97 Å². The van der Waals surface area contributed by atoms with Crippen LogP contribution in [0.5, 0.6) is 11.5 Å². The van der Waals surface area contributed by atoms with Crippen molar-refractivity contribution in [1.29, 1.82) is 0 Å². The van der Waals surface area contributed by atoms with Crippen LogP contribution in [0.25, 0.3) is 0 Å². The lowest BCUT2D eigenvalue weighted by Gasteiger charge is -2.08. The lowest BCUT2D eigenvalue weighted by atomic mass is 10.2. The van der Waals surface area contributed by atoms with Crippen molar-refractivity contribution in [3.05, 3.63) is 66.5 Å². The molecule has 1 amide bonds. The van der Waals surface area contributed by atoms with E-state index in [0.717, 1.165) is 5.69 Å². The molecule has 0 bridgehead atoms. The first kappa shape index (κ1) is 14.9. The van der Waals surface area contributed by atoms with Gasteiger partial charge in [-0.3, -0.25) is 4.79 Å². The van der Waals surface area contributed by atoms with Crippen LogP contribution in [-0.4, -0.2) is 22.7 Å². The Bertz CT molecular complexity index is 915. The van der Waals surface area contributed by atoms with E-state index in [2.05, 4.69) is 20.6 Å². The minimum Gasteiger partial charge on any atom is -0.454 e. The van der Waals surface area contributed by atoms with E-state index in [1.807, 2.05) is 6.07 Å². The molecule has 0 atom stereocenters. The van der Waals surface area contributed by atoms with E-state index in [9.17, 15) is 4.79 Å². The Morgan fingerprint density at radius 2 is 1.76 bits per heavy atom. The number of nitrogens with one attached hydrogen (secondary N) is 2. The first-order valence-electron chi connectivity index (χ1n) is 7.63. The van der Waals surface area contributed by atoms with E-state index < -0.39 is 0 Å². The van der Waals surface area contributed by atoms with Gasteiger partial charge >= 0.3 is 0 Å². The number of benzene rings is 2. The van der Waals surface area contributed by atoms with Crippen LogP contribution in [0.4, 0.5) is 17.3 Å². The van der Waals surface area contributed by atoms with Crippen LogP contribution in [0.2, 0.25) is 0 Å². The zero-order chi connectivity index (χ0) is 17.1. The second-order valence-corrected chi connectivity index (χ2v) is 5.30. The van der Waals surface area contributed by atoms with Gasteiger partial charge in [0.25, 0.3) is 5.91 Å². The van der Waals surface area contributed by atoms with Gasteiger partial charge in [0.05, 0.1) is 0 Å². The van der Waals surface area contributed by atoms with Gasteiger partial charge in [0, 0.05) is 35.4 Å². The molecular weight excluding hydrogens is 320 g/mol. The molecule has 0 spiro atoms. The number of carbonyl (C=O) groups excluding carboxylic acids is 1. The number of rotatable bonds is 4. The van der Waals surface area contributed by atoms with E-state index in [-0.39, 0.29) is 12.7 Å². The van der Waals surface area contributed by atoms with E-state index in [1.54, 1.807) is 54.9 Å². The van der Waals surface area contributed by atoms with Crippen molar-refractivity contribution in [2.24, 2.45) is 0 Å². The molecule has 1 aromatic heterocycles. The number of hydrogen-bond acceptors (Lipinski definition) is 6. The molecular formula is C18H14N4O3. The molecule has 2 N–H and O–H groups in total. The average Bonchev–Trinajstić information content (AvgIpc) is 3.10. The number of aromatic nitrogens is 2. The summed E-state index contributed by atoms with van der Waals surface area (Å²) in [5, 5.41) is 5.90. The summed E-state index contributed by atoms with van der Waals surface area (Å²) in [5.74, 6) is 1.54. The van der Waals surface area contributed by atoms with E-state index >= 15 is 0 Å². The third-order valence-electron chi connectivity index (χ3n) is 3.58. The largest absolute Gasteiger partial charge is 0.454 e. The predicted molar refractivity (Wildman–Crippen MR) is 92.3 cm³/mol. The van der Waals surface area contributed by atoms with E-state index in [4.69, 9.17) is 9.47 Å². The van der Waals surface area contributed by atoms with Crippen LogP contribution >= 0.6 is 0 Å². The molecule has 25 heavy (non-hydrogen) atoms. The third-order valence-corrected chi connectivity index (χ3v) is 3.58. The van der Waals surface area contributed by atoms with Gasteiger partial charge in [-0.15, -0.1) is 0 Å². The van der Waals surface area contributed by atoms with Crippen LogP contribution in [0.3, 0.4) is 0 Å². The molecule has 124 valence electrons. The Labute approximate surface area is 143 Å². The van der Waals surface area contributed by atoms with Crippen molar-refractivity contribution in [3.8, 4) is 11.5 Å². The fourth-order valence-corrected chi connectivity index (χ4v) is 2.41. The van der Waals surface area contributed by atoms with Gasteiger partial charge in [0.2, 0.25) is 12.7 Å². The minimum atomic E-state index is -0.225. The van der Waals surface area contributed by atoms with Gasteiger partial charge in [0.15, 0.2) is 11.5 Å². The molecule has 2 heterocycles. The summed E-state index contributed by atoms with van der Waals surface area (Å²) >= 11 is 0. The smallest absolute Gasteiger partial charge is 0.255 e. The summed E-state index contributed by atoms with van der Waals surface area (Å²) in [4.78, 5) is 20.7. The predicted octanol–water partition coefficient (Wildman–Crippen LogP) is 3.20. The number of carbonyl (C=O) groups is 1. The highest BCUT2D eigenvalue weighted by Crippen LogP contribution is 2.34. The van der Waals surface area contributed by atoms with Gasteiger partial charge < -0.3 is 20.1 Å². The summed E-state index contributed by atoms with van der Waals surface area (Å²) in [7, 11) is 0. The van der Waals surface area contributed by atoms with Crippen molar-refractivity contribution in [2.45, 2.75) is 0 Å². The van der Waals surface area contributed by atoms with Crippen LogP contribution in [-0.2, 0) is 0 Å². The fourth-order valence-electron chi connectivity index (χ4n) is 2.41. The zero-order valence-corrected chi connectivity index (χ0v) is 13.1. The Kier molecular flexibility index (Phi) is 3.88. The van der Waals surface area contributed by atoms with E-state index in [0.29, 0.717) is 28.7 Å². The van der Waals surface area contributed by atoms with Crippen LogP contribution < -0.4 is 20.1 Å². The first-order chi connectivity index (χ1) is 12.3. The Hall–Kier alpha value is -3.61. The average molecular weight is 334 g/mol. The SMILES string of the molecule is O=C(Nc1ccc2c(c1)OCO2)c1cccc(Nc2ncccn2)c1. The van der Waals surface area contributed by atoms with Crippen LogP contribution in [0, 0.1) is 0 Å². The quantitative estimate of drug-likeness (QED) is 0.762. The molecule has 0 radical (unpaired) electrons. The highest BCUT2D eigenvalue weighted by Gasteiger charge is 2.14. The summed E-state index contributed by atoms with van der Waals surface area (Å²) < 4.78 is 10.6. The van der Waals surface area contributed by atoms with Gasteiger partial charge in [-0.05, 0) is 36.4 Å². The topological polar surface area (TPSA) is 85.4 Å². The first-order valence-corrected chi connectivity index (χ1v) is 7.63. The Balaban J connectivity index is 1.49. The second kappa shape index (κ2) is 6.48. The van der Waals surface area contributed by atoms with E-state index in [1.165, 1.54) is 0 Å². The molecule has 3 aromatic rings. The Morgan fingerprint density at radius 3 is 2.64 bits per heavy atom. The van der Waals surface area contributed by atoms with Crippen LogP contribution in [0.1, 0.15) is 10.4 Å². The van der Waals surface area contributed by atoms with Crippen molar-refractivity contribution in [3.63, 3.8) is 0 Å². The number of ether oxygens (including phenoxy) is 2. The maximum absolute atomic E-state index is 12.5. The number of fused-ring (bicyclic) bond motifs is 1. The standard InChI is InChI=1S/C18H14N4O3/c23-17(21-14-5-6-15-16(10-14)25-11-24-15)12-3-1-4-13(9-12)22-18-19-7-2-8-20-18/h1-10H,11H2,(H,21,23)(H,19,20,22). The van der Waals surface area contributed by atoms with Crippen LogP contribution in [0.15, 0.2) is 60.9 Å². The van der Waals surface area contributed by atoms with Crippen molar-refractivity contribution < 1.29 is 14.3 Å². The fraction of sp³-hybridized carbons (Fsp3) is 0.0556. The molecule has 7 heteroatoms.